The lowest BCUT2D eigenvalue weighted by atomic mass is 10.00. The normalized spacial score (nSPS) is 14.2. The molecule has 0 aliphatic rings. The summed E-state index contributed by atoms with van der Waals surface area (Å²) in [5, 5.41) is 10.7. The number of unbranched alkanes of at least 4 members (excludes halogenated alkanes) is 48. The van der Waals surface area contributed by atoms with Gasteiger partial charge in [-0.2, -0.15) is 0 Å². The number of hydrogen-bond acceptors (Lipinski definition) is 15. The van der Waals surface area contributed by atoms with Gasteiger partial charge in [-0.1, -0.05) is 396 Å². The van der Waals surface area contributed by atoms with Crippen molar-refractivity contribution in [3.63, 3.8) is 0 Å². The Morgan fingerprint density at radius 3 is 0.676 bits per heavy atom. The van der Waals surface area contributed by atoms with Crippen molar-refractivity contribution < 1.29 is 80.2 Å². The van der Waals surface area contributed by atoms with E-state index >= 15 is 0 Å². The maximum atomic E-state index is 13.1. The number of rotatable bonds is 83. The van der Waals surface area contributed by atoms with Gasteiger partial charge in [-0.3, -0.25) is 37.3 Å². The van der Waals surface area contributed by atoms with Crippen LogP contribution in [0.15, 0.2) is 0 Å². The molecule has 0 aromatic carbocycles. The summed E-state index contributed by atoms with van der Waals surface area (Å²) in [6, 6.07) is 0. The molecule has 0 heterocycles. The van der Waals surface area contributed by atoms with Crippen LogP contribution in [0.3, 0.4) is 0 Å². The molecule has 0 rings (SSSR count). The lowest BCUT2D eigenvalue weighted by Crippen LogP contribution is -2.30. The largest absolute Gasteiger partial charge is 0.472 e. The lowest BCUT2D eigenvalue weighted by Gasteiger charge is -2.21. The minimum absolute atomic E-state index is 0.107. The van der Waals surface area contributed by atoms with Crippen LogP contribution in [-0.2, 0) is 65.4 Å². The zero-order valence-corrected chi connectivity index (χ0v) is 71.2. The first-order chi connectivity index (χ1) is 50.6. The van der Waals surface area contributed by atoms with Crippen LogP contribution in [0.2, 0.25) is 0 Å². The first kappa shape index (κ1) is 103. The molecule has 0 radical (unpaired) electrons. The minimum Gasteiger partial charge on any atom is -0.462 e. The molecular formula is C86H168O17P2. The molecule has 105 heavy (non-hydrogen) atoms. The molecule has 0 saturated heterocycles. The highest BCUT2D eigenvalue weighted by atomic mass is 31.2. The van der Waals surface area contributed by atoms with Crippen LogP contribution in [0.25, 0.3) is 0 Å². The number of ether oxygens (including phenoxy) is 4. The number of phosphoric ester groups is 2. The fourth-order valence-electron chi connectivity index (χ4n) is 13.3. The Kier molecular flexibility index (Phi) is 73.4. The van der Waals surface area contributed by atoms with Crippen LogP contribution in [0.4, 0.5) is 0 Å². The van der Waals surface area contributed by atoms with Crippen molar-refractivity contribution in [2.75, 3.05) is 39.6 Å². The standard InChI is InChI=1S/C86H168O17P2/c1-9-79(8)65-57-49-44-45-51-59-67-84(89)97-73-82(103-86(91)69-60-52-42-36-30-23-17-13-11-10-12-15-20-26-32-38-46-54-62-76(2)3)75-101-105(94,95)99-71-80(87)70-98-104(92,93)100-74-81(72-96-83(88)66-58-50-41-35-29-25-19-22-28-34-40-48-56-64-78(6)7)102-85(90)68-61-53-43-37-31-24-18-14-16-21-27-33-39-47-55-63-77(4)5/h76-82,87H,9-75H2,1-8H3,(H,92,93)(H,94,95)/t79?,80-,81-,82-/m1/s1. The number of carbonyl (C=O) groups excluding carboxylic acids is 4. The second kappa shape index (κ2) is 74.8. The number of aliphatic hydroxyl groups excluding tert-OH is 1. The fourth-order valence-corrected chi connectivity index (χ4v) is 14.9. The van der Waals surface area contributed by atoms with Crippen molar-refractivity contribution in [1.82, 2.24) is 0 Å². The molecule has 0 amide bonds. The summed E-state index contributed by atoms with van der Waals surface area (Å²) < 4.78 is 68.9. The van der Waals surface area contributed by atoms with Gasteiger partial charge in [0.15, 0.2) is 12.2 Å². The van der Waals surface area contributed by atoms with Crippen LogP contribution < -0.4 is 0 Å². The van der Waals surface area contributed by atoms with E-state index in [2.05, 4.69) is 55.4 Å². The molecule has 6 atom stereocenters. The maximum absolute atomic E-state index is 13.1. The Morgan fingerprint density at radius 2 is 0.457 bits per heavy atom. The van der Waals surface area contributed by atoms with Gasteiger partial charge in [0, 0.05) is 25.7 Å². The Morgan fingerprint density at radius 1 is 0.267 bits per heavy atom. The maximum Gasteiger partial charge on any atom is 0.472 e. The topological polar surface area (TPSA) is 237 Å². The van der Waals surface area contributed by atoms with Crippen LogP contribution in [0.1, 0.15) is 447 Å². The fraction of sp³-hybridized carbons (Fsp3) is 0.953. The first-order valence-corrected chi connectivity index (χ1v) is 47.2. The van der Waals surface area contributed by atoms with Gasteiger partial charge in [0.25, 0.3) is 0 Å². The van der Waals surface area contributed by atoms with Crippen molar-refractivity contribution >= 4 is 39.5 Å². The third-order valence-corrected chi connectivity index (χ3v) is 22.3. The van der Waals surface area contributed by atoms with E-state index in [9.17, 15) is 43.2 Å². The summed E-state index contributed by atoms with van der Waals surface area (Å²) in [6.07, 6.45) is 63.9. The van der Waals surface area contributed by atoms with Crippen molar-refractivity contribution in [3.8, 4) is 0 Å². The molecule has 17 nitrogen and oxygen atoms in total. The third-order valence-electron chi connectivity index (χ3n) is 20.4. The van der Waals surface area contributed by atoms with Gasteiger partial charge >= 0.3 is 39.5 Å². The second-order valence-corrected chi connectivity index (χ2v) is 35.5. The SMILES string of the molecule is CCC(C)CCCCCCCCC(=O)OC[C@H](COP(=O)(O)OC[C@H](O)COP(=O)(O)OC[C@@H](COC(=O)CCCCCCCCCCCCCCCC(C)C)OC(=O)CCCCCCCCCCCCCCCCCC(C)C)OC(=O)CCCCCCCCCCCCCCCCCCCCC(C)C. The minimum atomic E-state index is -4.97. The molecule has 0 aliphatic heterocycles. The van der Waals surface area contributed by atoms with E-state index in [-0.39, 0.29) is 25.7 Å². The highest BCUT2D eigenvalue weighted by Crippen LogP contribution is 2.45. The van der Waals surface area contributed by atoms with E-state index < -0.39 is 97.5 Å². The molecule has 0 aliphatic carbocycles. The van der Waals surface area contributed by atoms with E-state index in [1.807, 2.05) is 0 Å². The van der Waals surface area contributed by atoms with Crippen LogP contribution in [-0.4, -0.2) is 96.7 Å². The number of esters is 4. The number of hydrogen-bond donors (Lipinski definition) is 3. The van der Waals surface area contributed by atoms with Crippen molar-refractivity contribution in [2.45, 2.75) is 465 Å². The van der Waals surface area contributed by atoms with Gasteiger partial charge in [0.05, 0.1) is 26.4 Å². The van der Waals surface area contributed by atoms with E-state index in [4.69, 9.17) is 37.0 Å². The predicted molar refractivity (Wildman–Crippen MR) is 432 cm³/mol. The number of aliphatic hydroxyl groups is 1. The third kappa shape index (κ3) is 78.5. The smallest absolute Gasteiger partial charge is 0.462 e. The summed E-state index contributed by atoms with van der Waals surface area (Å²) in [5.74, 6) is 1.04. The summed E-state index contributed by atoms with van der Waals surface area (Å²) in [6.45, 7) is 14.3. The van der Waals surface area contributed by atoms with Gasteiger partial charge in [-0.25, -0.2) is 9.13 Å². The molecule has 3 unspecified atom stereocenters. The predicted octanol–water partition coefficient (Wildman–Crippen LogP) is 25.9. The Labute approximate surface area is 645 Å². The monoisotopic (exact) mass is 1540 g/mol. The Balaban J connectivity index is 5.22. The van der Waals surface area contributed by atoms with Crippen molar-refractivity contribution in [1.29, 1.82) is 0 Å². The molecular weight excluding hydrogens is 1370 g/mol. The van der Waals surface area contributed by atoms with Gasteiger partial charge in [-0.05, 0) is 49.4 Å². The molecule has 0 aromatic heterocycles. The van der Waals surface area contributed by atoms with Gasteiger partial charge in [-0.15, -0.1) is 0 Å². The molecule has 624 valence electrons. The summed E-state index contributed by atoms with van der Waals surface area (Å²) >= 11 is 0. The number of carbonyl (C=O) groups is 4. The zero-order chi connectivity index (χ0) is 77.4. The van der Waals surface area contributed by atoms with E-state index in [1.165, 1.54) is 244 Å². The average molecular weight is 1540 g/mol. The Bertz CT molecular complexity index is 2040. The highest BCUT2D eigenvalue weighted by Gasteiger charge is 2.31. The second-order valence-electron chi connectivity index (χ2n) is 32.6. The number of phosphoric acid groups is 2. The van der Waals surface area contributed by atoms with Crippen LogP contribution in [0, 0.1) is 23.7 Å². The lowest BCUT2D eigenvalue weighted by molar-refractivity contribution is -0.161. The van der Waals surface area contributed by atoms with Crippen LogP contribution in [0.5, 0.6) is 0 Å². The van der Waals surface area contributed by atoms with E-state index in [0.717, 1.165) is 120 Å². The van der Waals surface area contributed by atoms with Gasteiger partial charge < -0.3 is 33.8 Å². The summed E-state index contributed by atoms with van der Waals surface area (Å²) in [4.78, 5) is 73.2. The van der Waals surface area contributed by atoms with Gasteiger partial charge in [0.1, 0.15) is 19.3 Å². The highest BCUT2D eigenvalue weighted by molar-refractivity contribution is 7.47. The van der Waals surface area contributed by atoms with Gasteiger partial charge in [0.2, 0.25) is 0 Å². The van der Waals surface area contributed by atoms with Crippen LogP contribution >= 0.6 is 15.6 Å². The summed E-state index contributed by atoms with van der Waals surface area (Å²) in [7, 11) is -9.93. The van der Waals surface area contributed by atoms with E-state index in [1.54, 1.807) is 0 Å². The summed E-state index contributed by atoms with van der Waals surface area (Å²) in [5.41, 5.74) is 0. The average Bonchev–Trinajstić information content (AvgIpc) is 0.907. The zero-order valence-electron chi connectivity index (χ0n) is 69.4. The van der Waals surface area contributed by atoms with Crippen molar-refractivity contribution in [2.24, 2.45) is 23.7 Å². The quantitative estimate of drug-likeness (QED) is 0.0222. The molecule has 0 aromatic rings. The Hall–Kier alpha value is -1.94. The molecule has 0 bridgehead atoms. The molecule has 0 fully saturated rings. The molecule has 3 N–H and O–H groups in total. The first-order valence-electron chi connectivity index (χ1n) is 44.2. The van der Waals surface area contributed by atoms with E-state index in [0.29, 0.717) is 25.7 Å². The molecule has 0 saturated carbocycles. The molecule has 0 spiro atoms. The molecule has 19 heteroatoms. The van der Waals surface area contributed by atoms with Crippen molar-refractivity contribution in [3.05, 3.63) is 0 Å².